The van der Waals surface area contributed by atoms with E-state index in [1.54, 1.807) is 4.31 Å². The number of nitrogens with zero attached hydrogens (tertiary/aromatic N) is 1. The van der Waals surface area contributed by atoms with E-state index >= 15 is 0 Å². The third-order valence-electron chi connectivity index (χ3n) is 1.61. The second kappa shape index (κ2) is 2.77. The molecule has 1 aliphatic rings. The predicted molar refractivity (Wildman–Crippen MR) is 36.1 cm³/mol. The van der Waals surface area contributed by atoms with Gasteiger partial charge in [-0.25, -0.2) is 8.51 Å². The molecule has 1 aliphatic heterocycles. The van der Waals surface area contributed by atoms with Crippen LogP contribution in [-0.4, -0.2) is 26.2 Å². The fourth-order valence-electron chi connectivity index (χ4n) is 1.04. The van der Waals surface area contributed by atoms with Gasteiger partial charge in [-0.2, -0.15) is 0 Å². The van der Waals surface area contributed by atoms with E-state index in [0.29, 0.717) is 5.92 Å². The molecule has 1 N–H and O–H groups in total. The molecule has 0 aromatic rings. The van der Waals surface area contributed by atoms with E-state index in [4.69, 9.17) is 4.55 Å². The van der Waals surface area contributed by atoms with E-state index in [2.05, 4.69) is 6.92 Å². The lowest BCUT2D eigenvalue weighted by Crippen LogP contribution is -2.21. The first-order chi connectivity index (χ1) is 4.20. The Morgan fingerprint density at radius 1 is 1.78 bits per heavy atom. The molecule has 0 saturated carbocycles. The van der Waals surface area contributed by atoms with Gasteiger partial charge in [-0.15, -0.1) is 0 Å². The minimum absolute atomic E-state index is 0.584. The zero-order valence-electron chi connectivity index (χ0n) is 5.41. The highest BCUT2D eigenvalue weighted by atomic mass is 32.2. The summed E-state index contributed by atoms with van der Waals surface area (Å²) in [6.07, 6.45) is 1.05. The van der Waals surface area contributed by atoms with Crippen LogP contribution in [0.3, 0.4) is 0 Å². The Balaban J connectivity index is 2.39. The fourth-order valence-corrected chi connectivity index (χ4v) is 1.68. The molecule has 1 unspecified atom stereocenters. The van der Waals surface area contributed by atoms with Gasteiger partial charge in [0.2, 0.25) is 11.3 Å². The van der Waals surface area contributed by atoms with Crippen LogP contribution in [0, 0.1) is 5.92 Å². The summed E-state index contributed by atoms with van der Waals surface area (Å²) < 4.78 is 20.5. The molecule has 0 aromatic heterocycles. The average Bonchev–Trinajstić information content (AvgIpc) is 2.14. The van der Waals surface area contributed by atoms with Crippen molar-refractivity contribution in [3.8, 4) is 0 Å². The summed E-state index contributed by atoms with van der Waals surface area (Å²) >= 11 is -1.73. The molecule has 54 valence electrons. The van der Waals surface area contributed by atoms with Crippen LogP contribution in [0.4, 0.5) is 0 Å². The van der Waals surface area contributed by atoms with Gasteiger partial charge in [0.05, 0.1) is 0 Å². The fraction of sp³-hybridized carbons (Fsp3) is 1.00. The summed E-state index contributed by atoms with van der Waals surface area (Å²) in [4.78, 5) is 0. The van der Waals surface area contributed by atoms with Crippen LogP contribution in [0.2, 0.25) is 0 Å². The van der Waals surface area contributed by atoms with E-state index in [9.17, 15) is 4.21 Å². The lowest BCUT2D eigenvalue weighted by atomic mass is 10.2. The van der Waals surface area contributed by atoms with E-state index in [1.807, 2.05) is 0 Å². The minimum atomic E-state index is -1.73. The number of hydrogen-bond donors (Lipinski definition) is 1. The van der Waals surface area contributed by atoms with Gasteiger partial charge in [0.15, 0.2) is 0 Å². The third-order valence-corrected chi connectivity index (χ3v) is 2.38. The van der Waals surface area contributed by atoms with Gasteiger partial charge >= 0.3 is 0 Å². The first-order valence-corrected chi connectivity index (χ1v) is 4.12. The molecule has 0 aromatic carbocycles. The molecular weight excluding hydrogens is 138 g/mol. The van der Waals surface area contributed by atoms with Crippen LogP contribution in [-0.2, 0) is 11.3 Å². The lowest BCUT2D eigenvalue weighted by Gasteiger charge is -2.06. The standard InChI is InChI=1S/C5H11NO2S/c1-5-2-3-6(4-5)9(7)8/h5H,2-4H2,1H3,(H,7,8)/t5-/m1/s1. The van der Waals surface area contributed by atoms with Gasteiger partial charge in [0, 0.05) is 13.1 Å². The number of rotatable bonds is 1. The Hall–Kier alpha value is 0.0700. The Morgan fingerprint density at radius 2 is 2.44 bits per heavy atom. The molecule has 0 aliphatic carbocycles. The zero-order valence-corrected chi connectivity index (χ0v) is 6.23. The van der Waals surface area contributed by atoms with Crippen molar-refractivity contribution in [2.75, 3.05) is 13.1 Å². The van der Waals surface area contributed by atoms with Crippen LogP contribution in [0.5, 0.6) is 0 Å². The van der Waals surface area contributed by atoms with Crippen LogP contribution in [0.25, 0.3) is 0 Å². The van der Waals surface area contributed by atoms with Crippen LogP contribution < -0.4 is 0 Å². The summed E-state index contributed by atoms with van der Waals surface area (Å²) in [5, 5.41) is 0. The normalized spacial score (nSPS) is 32.9. The van der Waals surface area contributed by atoms with Crippen molar-refractivity contribution < 1.29 is 8.76 Å². The Bertz CT molecular complexity index is 128. The molecule has 2 atom stereocenters. The smallest absolute Gasteiger partial charge is 0.234 e. The van der Waals surface area contributed by atoms with Crippen LogP contribution >= 0.6 is 0 Å². The Labute approximate surface area is 57.5 Å². The highest BCUT2D eigenvalue weighted by Gasteiger charge is 2.21. The molecule has 1 fully saturated rings. The maximum atomic E-state index is 10.4. The maximum absolute atomic E-state index is 10.4. The first-order valence-electron chi connectivity index (χ1n) is 3.06. The molecule has 0 spiro atoms. The lowest BCUT2D eigenvalue weighted by molar-refractivity contribution is 0.443. The number of hydrogen-bond acceptors (Lipinski definition) is 1. The molecular formula is C5H11NO2S. The van der Waals surface area contributed by atoms with Crippen molar-refractivity contribution in [3.63, 3.8) is 0 Å². The SMILES string of the molecule is C[C@@H]1CCN(S(=O)O)C1. The molecule has 9 heavy (non-hydrogen) atoms. The van der Waals surface area contributed by atoms with E-state index in [-0.39, 0.29) is 0 Å². The van der Waals surface area contributed by atoms with E-state index in [1.165, 1.54) is 0 Å². The van der Waals surface area contributed by atoms with Gasteiger partial charge in [-0.1, -0.05) is 6.92 Å². The molecule has 3 nitrogen and oxygen atoms in total. The average molecular weight is 149 g/mol. The Morgan fingerprint density at radius 3 is 2.67 bits per heavy atom. The summed E-state index contributed by atoms with van der Waals surface area (Å²) in [6, 6.07) is 0. The topological polar surface area (TPSA) is 40.5 Å². The third kappa shape index (κ3) is 1.74. The molecule has 4 heteroatoms. The van der Waals surface area contributed by atoms with Crippen molar-refractivity contribution in [1.29, 1.82) is 0 Å². The van der Waals surface area contributed by atoms with Crippen LogP contribution in [0.15, 0.2) is 0 Å². The summed E-state index contributed by atoms with van der Waals surface area (Å²) in [5.74, 6) is 0.584. The minimum Gasteiger partial charge on any atom is -0.294 e. The van der Waals surface area contributed by atoms with Gasteiger partial charge in [-0.3, -0.25) is 4.55 Å². The Kier molecular flexibility index (Phi) is 2.21. The van der Waals surface area contributed by atoms with Crippen LogP contribution in [0.1, 0.15) is 13.3 Å². The van der Waals surface area contributed by atoms with Gasteiger partial charge in [0.1, 0.15) is 0 Å². The second-order valence-corrected chi connectivity index (χ2v) is 3.49. The largest absolute Gasteiger partial charge is 0.294 e. The summed E-state index contributed by atoms with van der Waals surface area (Å²) in [7, 11) is 0. The van der Waals surface area contributed by atoms with Crippen molar-refractivity contribution in [1.82, 2.24) is 4.31 Å². The van der Waals surface area contributed by atoms with Crippen molar-refractivity contribution in [3.05, 3.63) is 0 Å². The molecule has 0 radical (unpaired) electrons. The van der Waals surface area contributed by atoms with Gasteiger partial charge < -0.3 is 0 Å². The van der Waals surface area contributed by atoms with Crippen molar-refractivity contribution in [2.45, 2.75) is 13.3 Å². The van der Waals surface area contributed by atoms with E-state index in [0.717, 1.165) is 19.5 Å². The highest BCUT2D eigenvalue weighted by molar-refractivity contribution is 7.76. The van der Waals surface area contributed by atoms with Gasteiger partial charge in [-0.05, 0) is 12.3 Å². The highest BCUT2D eigenvalue weighted by Crippen LogP contribution is 2.15. The monoisotopic (exact) mass is 149 g/mol. The molecule has 1 heterocycles. The summed E-state index contributed by atoms with van der Waals surface area (Å²) in [6.45, 7) is 3.63. The summed E-state index contributed by atoms with van der Waals surface area (Å²) in [5.41, 5.74) is 0. The molecule has 0 bridgehead atoms. The molecule has 1 saturated heterocycles. The van der Waals surface area contributed by atoms with E-state index < -0.39 is 11.3 Å². The predicted octanol–water partition coefficient (Wildman–Crippen LogP) is 0.465. The molecule has 0 amide bonds. The molecule has 1 rings (SSSR count). The van der Waals surface area contributed by atoms with Crippen molar-refractivity contribution in [2.24, 2.45) is 5.92 Å². The second-order valence-electron chi connectivity index (χ2n) is 2.51. The zero-order chi connectivity index (χ0) is 6.85. The van der Waals surface area contributed by atoms with Crippen molar-refractivity contribution >= 4 is 11.3 Å². The first kappa shape index (κ1) is 7.18. The quantitative estimate of drug-likeness (QED) is 0.550. The maximum Gasteiger partial charge on any atom is 0.234 e. The van der Waals surface area contributed by atoms with Gasteiger partial charge in [0.25, 0.3) is 0 Å².